The van der Waals surface area contributed by atoms with E-state index in [1.807, 2.05) is 60.7 Å². The Bertz CT molecular complexity index is 1550. The molecule has 0 bridgehead atoms. The Hall–Kier alpha value is -3.77. The lowest BCUT2D eigenvalue weighted by molar-refractivity contribution is -0.0395. The fourth-order valence-electron chi connectivity index (χ4n) is 4.63. The minimum Gasteiger partial charge on any atom is -0.430 e. The van der Waals surface area contributed by atoms with Gasteiger partial charge in [-0.05, 0) is 25.0 Å². The number of aromatic nitrogens is 3. The first-order valence-electron chi connectivity index (χ1n) is 11.1. The number of fused-ring (bicyclic) bond motifs is 5. The van der Waals surface area contributed by atoms with E-state index in [9.17, 15) is 4.79 Å². The Labute approximate surface area is 190 Å². The molecule has 0 aliphatic carbocycles. The van der Waals surface area contributed by atoms with Crippen molar-refractivity contribution in [2.24, 2.45) is 0 Å². The van der Waals surface area contributed by atoms with Crippen LogP contribution < -0.4 is 5.56 Å². The molecule has 0 spiro atoms. The highest BCUT2D eigenvalue weighted by atomic mass is 16.5. The van der Waals surface area contributed by atoms with Crippen LogP contribution in [0.5, 0.6) is 0 Å². The lowest BCUT2D eigenvalue weighted by atomic mass is 9.88. The molecule has 6 nitrogen and oxygen atoms in total. The standard InChI is InChI=1S/C27H23N3O3/c1-27(2)13-19-20(15-32-27)22(18-11-7-4-8-12-18)29-25-21(19)23-24(33-25)26(31)30(16-28-23)14-17-9-5-3-6-10-17/h3-12,16H,13-15H2,1-2H3. The number of hydrogen-bond donors (Lipinski definition) is 0. The van der Waals surface area contributed by atoms with Gasteiger partial charge in [0.05, 0.1) is 36.2 Å². The van der Waals surface area contributed by atoms with Gasteiger partial charge in [0.25, 0.3) is 5.56 Å². The maximum atomic E-state index is 13.3. The van der Waals surface area contributed by atoms with Gasteiger partial charge in [-0.1, -0.05) is 60.7 Å². The highest BCUT2D eigenvalue weighted by Crippen LogP contribution is 2.40. The first kappa shape index (κ1) is 19.9. The Balaban J connectivity index is 1.61. The third-order valence-corrected chi connectivity index (χ3v) is 6.26. The average Bonchev–Trinajstić information content (AvgIpc) is 3.21. The molecule has 6 rings (SSSR count). The van der Waals surface area contributed by atoms with E-state index in [2.05, 4.69) is 18.8 Å². The van der Waals surface area contributed by atoms with Crippen LogP contribution in [0.4, 0.5) is 0 Å². The van der Waals surface area contributed by atoms with Crippen LogP contribution in [0, 0.1) is 0 Å². The topological polar surface area (TPSA) is 70.2 Å². The number of rotatable bonds is 3. The number of ether oxygens (including phenoxy) is 1. The number of nitrogens with zero attached hydrogens (tertiary/aromatic N) is 3. The predicted octanol–water partition coefficient (Wildman–Crippen LogP) is 5.10. The largest absolute Gasteiger partial charge is 0.430 e. The molecule has 164 valence electrons. The highest BCUT2D eigenvalue weighted by molar-refractivity contribution is 6.04. The molecule has 0 saturated carbocycles. The first-order valence-corrected chi connectivity index (χ1v) is 11.1. The van der Waals surface area contributed by atoms with E-state index >= 15 is 0 Å². The third kappa shape index (κ3) is 3.34. The van der Waals surface area contributed by atoms with Crippen molar-refractivity contribution in [2.75, 3.05) is 0 Å². The zero-order valence-corrected chi connectivity index (χ0v) is 18.5. The van der Waals surface area contributed by atoms with Crippen LogP contribution in [0.25, 0.3) is 33.5 Å². The molecule has 0 fully saturated rings. The van der Waals surface area contributed by atoms with Crippen molar-refractivity contribution in [3.63, 3.8) is 0 Å². The number of hydrogen-bond acceptors (Lipinski definition) is 5. The van der Waals surface area contributed by atoms with Crippen LogP contribution in [0.15, 0.2) is 76.2 Å². The minimum absolute atomic E-state index is 0.205. The van der Waals surface area contributed by atoms with Gasteiger partial charge in [0.15, 0.2) is 0 Å². The molecule has 1 aliphatic heterocycles. The van der Waals surface area contributed by atoms with Gasteiger partial charge in [0, 0.05) is 17.5 Å². The van der Waals surface area contributed by atoms with Crippen molar-refractivity contribution < 1.29 is 9.15 Å². The molecule has 3 aromatic heterocycles. The zero-order valence-electron chi connectivity index (χ0n) is 18.5. The van der Waals surface area contributed by atoms with E-state index in [0.29, 0.717) is 30.8 Å². The van der Waals surface area contributed by atoms with Gasteiger partial charge in [-0.25, -0.2) is 9.97 Å². The molecule has 4 heterocycles. The molecular formula is C27H23N3O3. The van der Waals surface area contributed by atoms with E-state index < -0.39 is 0 Å². The van der Waals surface area contributed by atoms with Crippen LogP contribution >= 0.6 is 0 Å². The molecule has 1 aliphatic rings. The van der Waals surface area contributed by atoms with Crippen LogP contribution in [0.3, 0.4) is 0 Å². The summed E-state index contributed by atoms with van der Waals surface area (Å²) in [6, 6.07) is 19.9. The summed E-state index contributed by atoms with van der Waals surface area (Å²) in [5, 5.41) is 0.819. The van der Waals surface area contributed by atoms with Crippen LogP contribution in [-0.2, 0) is 24.3 Å². The van der Waals surface area contributed by atoms with Crippen molar-refractivity contribution in [1.82, 2.24) is 14.5 Å². The molecule has 0 amide bonds. The van der Waals surface area contributed by atoms with Gasteiger partial charge in [-0.3, -0.25) is 9.36 Å². The van der Waals surface area contributed by atoms with Crippen molar-refractivity contribution >= 4 is 22.2 Å². The van der Waals surface area contributed by atoms with E-state index in [4.69, 9.17) is 14.1 Å². The summed E-state index contributed by atoms with van der Waals surface area (Å²) in [4.78, 5) is 22.9. The second-order valence-electron chi connectivity index (χ2n) is 9.13. The fraction of sp³-hybridized carbons (Fsp3) is 0.222. The summed E-state index contributed by atoms with van der Waals surface area (Å²) < 4.78 is 13.8. The summed E-state index contributed by atoms with van der Waals surface area (Å²) in [6.07, 6.45) is 2.29. The summed E-state index contributed by atoms with van der Waals surface area (Å²) in [6.45, 7) is 5.04. The predicted molar refractivity (Wildman–Crippen MR) is 127 cm³/mol. The van der Waals surface area contributed by atoms with Crippen molar-refractivity contribution in [1.29, 1.82) is 0 Å². The third-order valence-electron chi connectivity index (χ3n) is 6.26. The molecule has 0 saturated heterocycles. The fourth-order valence-corrected chi connectivity index (χ4v) is 4.63. The molecule has 0 unspecified atom stereocenters. The second-order valence-corrected chi connectivity index (χ2v) is 9.13. The van der Waals surface area contributed by atoms with Gasteiger partial charge in [-0.15, -0.1) is 0 Å². The van der Waals surface area contributed by atoms with Crippen LogP contribution in [0.2, 0.25) is 0 Å². The zero-order chi connectivity index (χ0) is 22.6. The molecule has 2 aromatic carbocycles. The summed E-state index contributed by atoms with van der Waals surface area (Å²) in [5.41, 5.74) is 5.70. The smallest absolute Gasteiger partial charge is 0.297 e. The summed E-state index contributed by atoms with van der Waals surface area (Å²) in [7, 11) is 0. The van der Waals surface area contributed by atoms with Gasteiger partial charge in [0.2, 0.25) is 11.3 Å². The molecule has 33 heavy (non-hydrogen) atoms. The maximum Gasteiger partial charge on any atom is 0.297 e. The van der Waals surface area contributed by atoms with E-state index in [-0.39, 0.29) is 16.7 Å². The molecule has 0 atom stereocenters. The molecule has 0 radical (unpaired) electrons. The second kappa shape index (κ2) is 7.39. The summed E-state index contributed by atoms with van der Waals surface area (Å²) in [5.74, 6) is 0. The van der Waals surface area contributed by atoms with Gasteiger partial charge >= 0.3 is 0 Å². The van der Waals surface area contributed by atoms with Gasteiger partial charge < -0.3 is 9.15 Å². The lowest BCUT2D eigenvalue weighted by Crippen LogP contribution is -2.32. The van der Waals surface area contributed by atoms with Crippen LogP contribution in [-0.4, -0.2) is 20.1 Å². The van der Waals surface area contributed by atoms with Crippen molar-refractivity contribution in [3.05, 3.63) is 94.0 Å². The SMILES string of the molecule is CC1(C)Cc2c(c(-c3ccccc3)nc3oc4c(=O)n(Cc5ccccc5)cnc4c23)CO1. The monoisotopic (exact) mass is 437 g/mol. The lowest BCUT2D eigenvalue weighted by Gasteiger charge is -2.33. The number of pyridine rings is 1. The quantitative estimate of drug-likeness (QED) is 0.393. The Morgan fingerprint density at radius 2 is 1.73 bits per heavy atom. The molecule has 0 N–H and O–H groups in total. The Kier molecular flexibility index (Phi) is 4.45. The first-order chi connectivity index (χ1) is 16.0. The molecule has 6 heteroatoms. The molecule has 5 aromatic rings. The average molecular weight is 437 g/mol. The van der Waals surface area contributed by atoms with Gasteiger partial charge in [0.1, 0.15) is 5.52 Å². The van der Waals surface area contributed by atoms with E-state index in [1.165, 1.54) is 0 Å². The van der Waals surface area contributed by atoms with Crippen molar-refractivity contribution in [2.45, 2.75) is 39.0 Å². The van der Waals surface area contributed by atoms with Crippen LogP contribution in [0.1, 0.15) is 30.5 Å². The highest BCUT2D eigenvalue weighted by Gasteiger charge is 2.32. The molecular weight excluding hydrogens is 414 g/mol. The Morgan fingerprint density at radius 3 is 2.48 bits per heavy atom. The summed E-state index contributed by atoms with van der Waals surface area (Å²) >= 11 is 0. The van der Waals surface area contributed by atoms with E-state index in [0.717, 1.165) is 33.3 Å². The normalized spacial score (nSPS) is 15.1. The van der Waals surface area contributed by atoms with Gasteiger partial charge in [-0.2, -0.15) is 0 Å². The minimum atomic E-state index is -0.332. The number of benzene rings is 2. The maximum absolute atomic E-state index is 13.3. The van der Waals surface area contributed by atoms with Crippen molar-refractivity contribution in [3.8, 4) is 11.3 Å². The number of furan rings is 1. The van der Waals surface area contributed by atoms with E-state index in [1.54, 1.807) is 10.9 Å². The Morgan fingerprint density at radius 1 is 1.00 bits per heavy atom.